The summed E-state index contributed by atoms with van der Waals surface area (Å²) in [6.45, 7) is 7.19. The molecule has 1 N–H and O–H groups in total. The highest BCUT2D eigenvalue weighted by Gasteiger charge is 2.19. The van der Waals surface area contributed by atoms with Crippen molar-refractivity contribution in [1.29, 1.82) is 0 Å². The minimum absolute atomic E-state index is 0.238. The van der Waals surface area contributed by atoms with Gasteiger partial charge in [-0.1, -0.05) is 6.07 Å². The fraction of sp³-hybridized carbons (Fsp3) is 0.450. The third kappa shape index (κ3) is 3.17. The Hall–Kier alpha value is -2.47. The Labute approximate surface area is 153 Å². The Kier molecular flexibility index (Phi) is 4.36. The number of imidazole rings is 1. The van der Waals surface area contributed by atoms with Gasteiger partial charge in [0.05, 0.1) is 12.0 Å². The van der Waals surface area contributed by atoms with Gasteiger partial charge in [0, 0.05) is 12.1 Å². The molecule has 26 heavy (non-hydrogen) atoms. The fourth-order valence-corrected chi connectivity index (χ4v) is 3.92. The summed E-state index contributed by atoms with van der Waals surface area (Å²) in [5, 5.41) is 19.2. The summed E-state index contributed by atoms with van der Waals surface area (Å²) in [5.41, 5.74) is 5.05. The van der Waals surface area contributed by atoms with Gasteiger partial charge in [0.2, 0.25) is 0 Å². The molecule has 6 heteroatoms. The molecule has 1 aliphatic rings. The van der Waals surface area contributed by atoms with Crippen LogP contribution in [-0.4, -0.2) is 49.9 Å². The molecule has 2 aromatic heterocycles. The van der Waals surface area contributed by atoms with E-state index in [2.05, 4.69) is 31.7 Å². The van der Waals surface area contributed by atoms with E-state index < -0.39 is 0 Å². The Bertz CT molecular complexity index is 918. The van der Waals surface area contributed by atoms with Crippen LogP contribution < -0.4 is 0 Å². The Morgan fingerprint density at radius 2 is 1.88 bits per heavy atom. The van der Waals surface area contributed by atoms with Crippen molar-refractivity contribution in [2.24, 2.45) is 5.92 Å². The highest BCUT2D eigenvalue weighted by molar-refractivity contribution is 5.79. The predicted molar refractivity (Wildman–Crippen MR) is 102 cm³/mol. The number of nitrogens with zero attached hydrogens (tertiary/aromatic N) is 5. The monoisotopic (exact) mass is 351 g/mol. The van der Waals surface area contributed by atoms with Crippen molar-refractivity contribution in [1.82, 2.24) is 24.6 Å². The van der Waals surface area contributed by atoms with Crippen molar-refractivity contribution in [2.75, 3.05) is 20.1 Å². The largest absolute Gasteiger partial charge is 0.507 e. The van der Waals surface area contributed by atoms with E-state index in [1.807, 2.05) is 32.3 Å². The lowest BCUT2D eigenvalue weighted by Gasteiger charge is -2.29. The molecule has 0 radical (unpaired) electrons. The summed E-state index contributed by atoms with van der Waals surface area (Å²) in [6, 6.07) is 5.72. The molecule has 0 spiro atoms. The molecular weight excluding hydrogens is 326 g/mol. The molecule has 0 saturated carbocycles. The number of phenols is 1. The summed E-state index contributed by atoms with van der Waals surface area (Å²) < 4.78 is 2.12. The lowest BCUT2D eigenvalue weighted by atomic mass is 9.97. The summed E-state index contributed by atoms with van der Waals surface area (Å²) in [5.74, 6) is 0.898. The highest BCUT2D eigenvalue weighted by atomic mass is 16.3. The minimum Gasteiger partial charge on any atom is -0.507 e. The van der Waals surface area contributed by atoms with E-state index in [1.54, 1.807) is 6.07 Å². The molecule has 3 aromatic rings. The van der Waals surface area contributed by atoms with Gasteiger partial charge in [0.1, 0.15) is 11.3 Å². The van der Waals surface area contributed by atoms with Crippen LogP contribution in [0.15, 0.2) is 24.5 Å². The minimum atomic E-state index is 0.238. The molecule has 0 atom stereocenters. The number of aryl methyl sites for hydroxylation is 2. The number of fused-ring (bicyclic) bond motifs is 1. The van der Waals surface area contributed by atoms with Crippen LogP contribution in [0.3, 0.4) is 0 Å². The summed E-state index contributed by atoms with van der Waals surface area (Å²) in [7, 11) is 2.18. The van der Waals surface area contributed by atoms with Crippen molar-refractivity contribution in [3.63, 3.8) is 0 Å². The van der Waals surface area contributed by atoms with Gasteiger partial charge < -0.3 is 14.6 Å². The first kappa shape index (κ1) is 17.0. The molecule has 0 bridgehead atoms. The third-order valence-corrected chi connectivity index (χ3v) is 5.37. The number of hydrogen-bond donors (Lipinski definition) is 1. The van der Waals surface area contributed by atoms with Crippen molar-refractivity contribution in [3.8, 4) is 17.0 Å². The first-order valence-electron chi connectivity index (χ1n) is 9.19. The second kappa shape index (κ2) is 6.68. The summed E-state index contributed by atoms with van der Waals surface area (Å²) in [6.07, 6.45) is 4.28. The van der Waals surface area contributed by atoms with E-state index in [9.17, 15) is 5.11 Å². The maximum Gasteiger partial charge on any atom is 0.182 e. The Balaban J connectivity index is 1.64. The zero-order valence-corrected chi connectivity index (χ0v) is 15.6. The number of aromatic nitrogens is 4. The fourth-order valence-electron chi connectivity index (χ4n) is 3.92. The van der Waals surface area contributed by atoms with Crippen LogP contribution in [-0.2, 0) is 6.54 Å². The van der Waals surface area contributed by atoms with Crippen molar-refractivity contribution >= 4 is 11.2 Å². The number of hydrogen-bond acceptors (Lipinski definition) is 5. The molecule has 1 aliphatic heterocycles. The number of aromatic hydroxyl groups is 1. The first-order valence-corrected chi connectivity index (χ1v) is 9.19. The molecule has 1 fully saturated rings. The van der Waals surface area contributed by atoms with Crippen molar-refractivity contribution in [2.45, 2.75) is 33.2 Å². The van der Waals surface area contributed by atoms with Gasteiger partial charge in [-0.3, -0.25) is 0 Å². The van der Waals surface area contributed by atoms with Gasteiger partial charge >= 0.3 is 0 Å². The first-order chi connectivity index (χ1) is 12.5. The number of likely N-dealkylation sites (tertiary alicyclic amines) is 1. The van der Waals surface area contributed by atoms with Crippen molar-refractivity contribution < 1.29 is 5.11 Å². The normalized spacial score (nSPS) is 16.4. The SMILES string of the molecule is Cc1cc(C)c(-c2cc3ncn(CC4CCN(C)CC4)c3nn2)c(O)c1. The van der Waals surface area contributed by atoms with Crippen LogP contribution >= 0.6 is 0 Å². The standard InChI is InChI=1S/C20H25N5O/c1-13-8-14(2)19(18(26)9-13)16-10-17-20(23-22-16)25(12-21-17)11-15-4-6-24(3)7-5-15/h8-10,12,15,26H,4-7,11H2,1-3H3. The number of phenolic OH excluding ortho intramolecular Hbond substituents is 1. The van der Waals surface area contributed by atoms with E-state index >= 15 is 0 Å². The average molecular weight is 351 g/mol. The van der Waals surface area contributed by atoms with Crippen molar-refractivity contribution in [3.05, 3.63) is 35.7 Å². The molecular formula is C20H25N5O. The molecule has 1 saturated heterocycles. The summed E-state index contributed by atoms with van der Waals surface area (Å²) in [4.78, 5) is 6.91. The van der Waals surface area contributed by atoms with E-state index in [-0.39, 0.29) is 5.75 Å². The molecule has 6 nitrogen and oxygen atoms in total. The smallest absolute Gasteiger partial charge is 0.182 e. The molecule has 0 amide bonds. The zero-order chi connectivity index (χ0) is 18.3. The molecule has 136 valence electrons. The van der Waals surface area contributed by atoms with Gasteiger partial charge in [-0.05, 0) is 76.0 Å². The van der Waals surface area contributed by atoms with E-state index in [0.29, 0.717) is 11.6 Å². The van der Waals surface area contributed by atoms with Crippen LogP contribution in [0.5, 0.6) is 5.75 Å². The second-order valence-corrected chi connectivity index (χ2v) is 7.56. The van der Waals surface area contributed by atoms with E-state index in [4.69, 9.17) is 0 Å². The quantitative estimate of drug-likeness (QED) is 0.785. The number of piperidine rings is 1. The van der Waals surface area contributed by atoms with E-state index in [0.717, 1.165) is 47.5 Å². The zero-order valence-electron chi connectivity index (χ0n) is 15.6. The highest BCUT2D eigenvalue weighted by Crippen LogP contribution is 2.33. The lowest BCUT2D eigenvalue weighted by molar-refractivity contribution is 0.206. The lowest BCUT2D eigenvalue weighted by Crippen LogP contribution is -2.31. The van der Waals surface area contributed by atoms with Gasteiger partial charge in [-0.25, -0.2) is 4.98 Å². The molecule has 0 aliphatic carbocycles. The Morgan fingerprint density at radius 1 is 1.12 bits per heavy atom. The molecule has 3 heterocycles. The second-order valence-electron chi connectivity index (χ2n) is 7.56. The third-order valence-electron chi connectivity index (χ3n) is 5.37. The topological polar surface area (TPSA) is 67.1 Å². The van der Waals surface area contributed by atoms with E-state index in [1.165, 1.54) is 12.8 Å². The molecule has 1 aromatic carbocycles. The van der Waals surface area contributed by atoms with Gasteiger partial charge in [-0.15, -0.1) is 10.2 Å². The predicted octanol–water partition coefficient (Wildman–Crippen LogP) is 3.16. The van der Waals surface area contributed by atoms with Gasteiger partial charge in [0.25, 0.3) is 0 Å². The maximum absolute atomic E-state index is 10.3. The van der Waals surface area contributed by atoms with Crippen LogP contribution in [0.4, 0.5) is 0 Å². The van der Waals surface area contributed by atoms with Crippen LogP contribution in [0.2, 0.25) is 0 Å². The molecule has 0 unspecified atom stereocenters. The maximum atomic E-state index is 10.3. The Morgan fingerprint density at radius 3 is 2.62 bits per heavy atom. The van der Waals surface area contributed by atoms with Gasteiger partial charge in [-0.2, -0.15) is 0 Å². The van der Waals surface area contributed by atoms with Crippen LogP contribution in [0, 0.1) is 19.8 Å². The van der Waals surface area contributed by atoms with Crippen LogP contribution in [0.25, 0.3) is 22.4 Å². The van der Waals surface area contributed by atoms with Crippen LogP contribution in [0.1, 0.15) is 24.0 Å². The number of benzene rings is 1. The number of rotatable bonds is 3. The summed E-state index contributed by atoms with van der Waals surface area (Å²) >= 11 is 0. The molecule has 4 rings (SSSR count). The average Bonchev–Trinajstić information content (AvgIpc) is 2.98. The van der Waals surface area contributed by atoms with Gasteiger partial charge in [0.15, 0.2) is 5.65 Å².